The van der Waals surface area contributed by atoms with E-state index in [0.29, 0.717) is 5.56 Å². The van der Waals surface area contributed by atoms with Crippen molar-refractivity contribution in [3.63, 3.8) is 0 Å². The highest BCUT2D eigenvalue weighted by atomic mass is 15.2. The highest BCUT2D eigenvalue weighted by Gasteiger charge is 2.29. The maximum atomic E-state index is 12.7. The van der Waals surface area contributed by atoms with Gasteiger partial charge in [-0.05, 0) is 137 Å². The lowest BCUT2D eigenvalue weighted by Crippen LogP contribution is -2.07. The van der Waals surface area contributed by atoms with E-state index in [0.717, 1.165) is 167 Å². The fraction of sp³-hybridized carbons (Fsp3) is 0. The molecule has 0 aliphatic carbocycles. The van der Waals surface area contributed by atoms with Crippen molar-refractivity contribution in [1.29, 1.82) is 5.26 Å². The van der Waals surface area contributed by atoms with Crippen molar-refractivity contribution in [2.75, 3.05) is 0 Å². The van der Waals surface area contributed by atoms with Crippen LogP contribution in [0.4, 0.5) is 0 Å². The number of benzene rings is 13. The number of nitriles is 1. The van der Waals surface area contributed by atoms with Crippen molar-refractivity contribution < 1.29 is 0 Å². The molecule has 0 spiro atoms. The number of rotatable bonds is 8. The molecule has 19 aromatic rings. The Hall–Kier alpha value is -12.5. The molecule has 418 valence electrons. The molecular formula is C81H49N9. The summed E-state index contributed by atoms with van der Waals surface area (Å²) < 4.78 is 13.9. The second-order valence-electron chi connectivity index (χ2n) is 23.3. The lowest BCUT2D eigenvalue weighted by molar-refractivity contribution is 1.11. The quantitative estimate of drug-likeness (QED) is 0.152. The Morgan fingerprint density at radius 1 is 0.256 bits per heavy atom. The van der Waals surface area contributed by atoms with Crippen LogP contribution in [0.3, 0.4) is 0 Å². The van der Waals surface area contributed by atoms with Crippen LogP contribution in [0, 0.1) is 11.3 Å². The van der Waals surface area contributed by atoms with Gasteiger partial charge in [0.1, 0.15) is 6.07 Å². The first-order valence-electron chi connectivity index (χ1n) is 30.4. The fourth-order valence-electron chi connectivity index (χ4n) is 14.6. The summed E-state index contributed by atoms with van der Waals surface area (Å²) in [5, 5.41) is 17.2. The Bertz CT molecular complexity index is 5730. The number of hydrogen-bond donors (Lipinski definition) is 0. The van der Waals surface area contributed by atoms with Crippen LogP contribution in [0.1, 0.15) is 5.56 Å². The molecular weight excluding hydrogens is 1100 g/mol. The zero-order valence-electron chi connectivity index (χ0n) is 48.3. The van der Waals surface area contributed by atoms with Crippen molar-refractivity contribution in [2.45, 2.75) is 0 Å². The van der Waals surface area contributed by atoms with Crippen molar-refractivity contribution >= 4 is 99.3 Å². The zero-order valence-corrected chi connectivity index (χ0v) is 48.3. The van der Waals surface area contributed by atoms with E-state index in [9.17, 15) is 5.26 Å². The number of para-hydroxylation sites is 6. The van der Waals surface area contributed by atoms with E-state index in [4.69, 9.17) is 9.97 Å². The Kier molecular flexibility index (Phi) is 10.6. The molecule has 19 rings (SSSR count). The summed E-state index contributed by atoms with van der Waals surface area (Å²) in [6.45, 7) is 0. The molecule has 90 heavy (non-hydrogen) atoms. The number of fused-ring (bicyclic) bond motifs is 16. The molecule has 0 atom stereocenters. The highest BCUT2D eigenvalue weighted by molar-refractivity contribution is 6.13. The molecule has 0 radical (unpaired) electrons. The smallest absolute Gasteiger partial charge is 0.220 e. The average molecular weight is 1150 g/mol. The molecule has 9 nitrogen and oxygen atoms in total. The number of nitrogens with zero attached hydrogens (tertiary/aromatic N) is 9. The first-order chi connectivity index (χ1) is 44.6. The van der Waals surface area contributed by atoms with Crippen LogP contribution >= 0.6 is 0 Å². The van der Waals surface area contributed by atoms with Gasteiger partial charge in [0.05, 0.1) is 83.1 Å². The SMILES string of the molecule is N#Cc1c(-c2ccc3nc4n(-c5ccccc5)c5ccc(-c6ccccc6)cc5n4c3c2)c(-n2c3ccccc3c3ccccc32)cc(-n2c3ccccc3c3ccccc32)c1-c1ccc2nc3n(-c4ccccc4)c4ccc(-c5ccccc5)cc4n3c2c1. The third-order valence-corrected chi connectivity index (χ3v) is 18.4. The van der Waals surface area contributed by atoms with E-state index < -0.39 is 0 Å². The van der Waals surface area contributed by atoms with Gasteiger partial charge in [-0.25, -0.2) is 9.97 Å². The number of hydrogen-bond acceptors (Lipinski definition) is 3. The van der Waals surface area contributed by atoms with Crippen LogP contribution in [0.25, 0.3) is 167 Å². The van der Waals surface area contributed by atoms with Gasteiger partial charge in [0.25, 0.3) is 0 Å². The van der Waals surface area contributed by atoms with Crippen LogP contribution in [0.5, 0.6) is 0 Å². The monoisotopic (exact) mass is 1150 g/mol. The third kappa shape index (κ3) is 7.18. The summed E-state index contributed by atoms with van der Waals surface area (Å²) in [4.78, 5) is 11.0. The van der Waals surface area contributed by atoms with Gasteiger partial charge in [-0.1, -0.05) is 194 Å². The van der Waals surface area contributed by atoms with Crippen molar-refractivity contribution in [1.82, 2.24) is 37.0 Å². The molecule has 0 bridgehead atoms. The van der Waals surface area contributed by atoms with Gasteiger partial charge in [-0.3, -0.25) is 17.9 Å². The van der Waals surface area contributed by atoms with Gasteiger partial charge in [-0.2, -0.15) is 5.26 Å². The minimum absolute atomic E-state index is 0.530. The van der Waals surface area contributed by atoms with E-state index in [1.165, 1.54) is 0 Å². The van der Waals surface area contributed by atoms with Crippen LogP contribution in [-0.2, 0) is 0 Å². The molecule has 0 aliphatic heterocycles. The Morgan fingerprint density at radius 2 is 0.589 bits per heavy atom. The molecule has 0 unspecified atom stereocenters. The van der Waals surface area contributed by atoms with Crippen LogP contribution in [0.15, 0.2) is 297 Å². The van der Waals surface area contributed by atoms with Gasteiger partial charge in [0, 0.05) is 44.0 Å². The largest absolute Gasteiger partial charge is 0.308 e. The summed E-state index contributed by atoms with van der Waals surface area (Å²) in [5.41, 5.74) is 23.9. The topological polar surface area (TPSA) is 78.1 Å². The molecule has 9 heteroatoms. The summed E-state index contributed by atoms with van der Waals surface area (Å²) >= 11 is 0. The molecule has 0 N–H and O–H groups in total. The molecule has 6 aromatic heterocycles. The van der Waals surface area contributed by atoms with Crippen LogP contribution < -0.4 is 0 Å². The fourth-order valence-corrected chi connectivity index (χ4v) is 14.6. The van der Waals surface area contributed by atoms with E-state index >= 15 is 0 Å². The Balaban J connectivity index is 0.966. The number of imidazole rings is 4. The van der Waals surface area contributed by atoms with E-state index in [1.807, 2.05) is 0 Å². The predicted molar refractivity (Wildman–Crippen MR) is 368 cm³/mol. The van der Waals surface area contributed by atoms with Gasteiger partial charge in [0.2, 0.25) is 11.6 Å². The molecule has 0 fully saturated rings. The predicted octanol–water partition coefficient (Wildman–Crippen LogP) is 19.9. The van der Waals surface area contributed by atoms with Gasteiger partial charge >= 0.3 is 0 Å². The molecule has 13 aromatic carbocycles. The summed E-state index contributed by atoms with van der Waals surface area (Å²) in [6, 6.07) is 109. The van der Waals surface area contributed by atoms with Gasteiger partial charge in [0.15, 0.2) is 0 Å². The van der Waals surface area contributed by atoms with E-state index in [2.05, 4.69) is 330 Å². The average Bonchev–Trinajstić information content (AvgIpc) is 1.55. The summed E-state index contributed by atoms with van der Waals surface area (Å²) in [6.07, 6.45) is 0. The van der Waals surface area contributed by atoms with Crippen LogP contribution in [0.2, 0.25) is 0 Å². The standard InChI is InChI=1S/C81H49N9/c82-50-63-78(55-37-41-64-72(47-55)89-74-45-53(51-21-5-1-6-22-51)39-43-70(74)85(80(89)83-64)57-25-9-3-10-26-57)76(87-66-33-17-13-29-59(66)60-30-14-18-34-67(60)87)49-77(88-68-35-19-15-31-61(68)62-32-16-20-36-69(62)88)79(63)56-38-42-65-73(48-56)90-75-46-54(52-23-7-2-8-24-52)40-44-71(75)86(81(90)84-65)58-27-11-4-12-28-58/h1-49H. The van der Waals surface area contributed by atoms with Crippen molar-refractivity contribution in [3.8, 4) is 73.3 Å². The highest BCUT2D eigenvalue weighted by Crippen LogP contribution is 2.48. The first kappa shape index (κ1) is 49.7. The maximum absolute atomic E-state index is 12.7. The third-order valence-electron chi connectivity index (χ3n) is 18.4. The Labute approximate surface area is 514 Å². The van der Waals surface area contributed by atoms with Crippen molar-refractivity contribution in [3.05, 3.63) is 303 Å². The van der Waals surface area contributed by atoms with E-state index in [1.54, 1.807) is 0 Å². The molecule has 0 aliphatic rings. The molecule has 6 heterocycles. The maximum Gasteiger partial charge on any atom is 0.220 e. The lowest BCUT2D eigenvalue weighted by atomic mass is 9.88. The minimum Gasteiger partial charge on any atom is -0.308 e. The summed E-state index contributed by atoms with van der Waals surface area (Å²) in [7, 11) is 0. The second kappa shape index (κ2) is 19.2. The Morgan fingerprint density at radius 3 is 0.967 bits per heavy atom. The molecule has 0 saturated heterocycles. The zero-order chi connectivity index (χ0) is 59.1. The second-order valence-corrected chi connectivity index (χ2v) is 23.3. The normalized spacial score (nSPS) is 12.0. The molecule has 0 amide bonds. The van der Waals surface area contributed by atoms with E-state index in [-0.39, 0.29) is 0 Å². The van der Waals surface area contributed by atoms with Gasteiger partial charge < -0.3 is 9.13 Å². The van der Waals surface area contributed by atoms with Crippen molar-refractivity contribution in [2.24, 2.45) is 0 Å². The number of aromatic nitrogens is 8. The minimum atomic E-state index is 0.530. The lowest BCUT2D eigenvalue weighted by Gasteiger charge is -2.23. The van der Waals surface area contributed by atoms with Crippen LogP contribution in [-0.4, -0.2) is 37.0 Å². The molecule has 0 saturated carbocycles. The summed E-state index contributed by atoms with van der Waals surface area (Å²) in [5.74, 6) is 1.59. The first-order valence-corrected chi connectivity index (χ1v) is 30.4. The van der Waals surface area contributed by atoms with Gasteiger partial charge in [-0.15, -0.1) is 0 Å².